The first-order valence-electron chi connectivity index (χ1n) is 8.35. The van der Waals surface area contributed by atoms with Crippen LogP contribution in [-0.2, 0) is 4.79 Å². The Labute approximate surface area is 165 Å². The second-order valence-corrected chi connectivity index (χ2v) is 6.85. The number of nitrogens with zero attached hydrogens (tertiary/aromatic N) is 4. The van der Waals surface area contributed by atoms with E-state index in [0.29, 0.717) is 32.0 Å². The molecule has 0 saturated carbocycles. The smallest absolute Gasteiger partial charge is 0.266 e. The molecule has 8 heteroatoms. The summed E-state index contributed by atoms with van der Waals surface area (Å²) in [6.45, 7) is 2.23. The van der Waals surface area contributed by atoms with Crippen LogP contribution in [0.15, 0.2) is 58.8 Å². The molecule has 1 N–H and O–H groups in total. The van der Waals surface area contributed by atoms with Gasteiger partial charge in [-0.05, 0) is 52.3 Å². The van der Waals surface area contributed by atoms with Crippen molar-refractivity contribution < 1.29 is 9.18 Å². The van der Waals surface area contributed by atoms with E-state index in [9.17, 15) is 14.4 Å². The summed E-state index contributed by atoms with van der Waals surface area (Å²) in [5.74, 6) is -0.0510. The molecule has 2 aromatic rings. The second-order valence-electron chi connectivity index (χ2n) is 5.93. The number of rotatable bonds is 4. The summed E-state index contributed by atoms with van der Waals surface area (Å²) in [6.07, 6.45) is 3.00. The number of carbonyl (C=O) groups is 1. The molecule has 3 rings (SSSR count). The summed E-state index contributed by atoms with van der Waals surface area (Å²) in [5.41, 5.74) is 0.942. The van der Waals surface area contributed by atoms with Crippen molar-refractivity contribution in [3.8, 4) is 6.07 Å². The lowest BCUT2D eigenvalue weighted by Gasteiger charge is -2.36. The molecule has 1 aromatic heterocycles. The Morgan fingerprint density at radius 1 is 1.19 bits per heavy atom. The topological polar surface area (TPSA) is 72.3 Å². The lowest BCUT2D eigenvalue weighted by molar-refractivity contribution is -0.127. The molecule has 27 heavy (non-hydrogen) atoms. The zero-order valence-corrected chi connectivity index (χ0v) is 16.0. The number of benzene rings is 1. The van der Waals surface area contributed by atoms with E-state index in [2.05, 4.69) is 31.1 Å². The van der Waals surface area contributed by atoms with Gasteiger partial charge in [-0.1, -0.05) is 0 Å². The Hall–Kier alpha value is -2.92. The first kappa shape index (κ1) is 18.9. The minimum Gasteiger partial charge on any atom is -0.368 e. The molecule has 0 bridgehead atoms. The summed E-state index contributed by atoms with van der Waals surface area (Å²) in [7, 11) is 0. The van der Waals surface area contributed by atoms with Gasteiger partial charge < -0.3 is 15.1 Å². The fourth-order valence-electron chi connectivity index (χ4n) is 2.74. The summed E-state index contributed by atoms with van der Waals surface area (Å²) in [4.78, 5) is 20.5. The molecular weight excluding hydrogens is 413 g/mol. The summed E-state index contributed by atoms with van der Waals surface area (Å²) >= 11 is 3.30. The number of nitrogens with one attached hydrogen (secondary N) is 1. The fraction of sp³-hybridized carbons (Fsp3) is 0.211. The van der Waals surface area contributed by atoms with Gasteiger partial charge in [0.25, 0.3) is 5.91 Å². The van der Waals surface area contributed by atoms with Crippen LogP contribution in [0.4, 0.5) is 15.9 Å². The van der Waals surface area contributed by atoms with E-state index in [4.69, 9.17) is 0 Å². The highest BCUT2D eigenvalue weighted by atomic mass is 79.9. The van der Waals surface area contributed by atoms with Crippen molar-refractivity contribution in [2.45, 2.75) is 0 Å². The minimum absolute atomic E-state index is 0.0231. The third-order valence-corrected chi connectivity index (χ3v) is 4.67. The van der Waals surface area contributed by atoms with Gasteiger partial charge in [0.05, 0.1) is 0 Å². The monoisotopic (exact) mass is 429 g/mol. The van der Waals surface area contributed by atoms with E-state index in [1.54, 1.807) is 29.3 Å². The van der Waals surface area contributed by atoms with Crippen molar-refractivity contribution in [1.29, 1.82) is 5.26 Å². The van der Waals surface area contributed by atoms with E-state index < -0.39 is 0 Å². The molecule has 1 amide bonds. The first-order valence-corrected chi connectivity index (χ1v) is 9.14. The molecule has 6 nitrogen and oxygen atoms in total. The molecule has 0 spiro atoms. The number of halogens is 2. The van der Waals surface area contributed by atoms with Gasteiger partial charge in [-0.25, -0.2) is 9.37 Å². The Bertz CT molecular complexity index is 868. The lowest BCUT2D eigenvalue weighted by atomic mass is 10.2. The largest absolute Gasteiger partial charge is 0.368 e. The molecule has 0 unspecified atom stereocenters. The zero-order valence-electron chi connectivity index (χ0n) is 14.4. The second kappa shape index (κ2) is 8.64. The van der Waals surface area contributed by atoms with E-state index in [1.807, 2.05) is 12.1 Å². The molecule has 0 aliphatic carbocycles. The molecule has 0 atom stereocenters. The zero-order chi connectivity index (χ0) is 19.2. The number of carbonyl (C=O) groups excluding carboxylic acids is 1. The molecule has 138 valence electrons. The van der Waals surface area contributed by atoms with Crippen LogP contribution in [0, 0.1) is 17.1 Å². The third-order valence-electron chi connectivity index (χ3n) is 4.20. The van der Waals surface area contributed by atoms with E-state index in [1.165, 1.54) is 18.3 Å². The maximum atomic E-state index is 13.0. The molecule has 1 aliphatic rings. The molecule has 0 radical (unpaired) electrons. The number of hydrogen-bond donors (Lipinski definition) is 1. The van der Waals surface area contributed by atoms with E-state index >= 15 is 0 Å². The van der Waals surface area contributed by atoms with Gasteiger partial charge in [0.2, 0.25) is 0 Å². The van der Waals surface area contributed by atoms with Gasteiger partial charge in [0, 0.05) is 48.7 Å². The van der Waals surface area contributed by atoms with E-state index in [0.717, 1.165) is 10.2 Å². The van der Waals surface area contributed by atoms with Gasteiger partial charge in [0.15, 0.2) is 0 Å². The van der Waals surface area contributed by atoms with Crippen LogP contribution in [-0.4, -0.2) is 42.0 Å². The normalized spacial score (nSPS) is 14.6. The number of pyridine rings is 1. The highest BCUT2D eigenvalue weighted by Gasteiger charge is 2.23. The Morgan fingerprint density at radius 2 is 1.89 bits per heavy atom. The van der Waals surface area contributed by atoms with Crippen molar-refractivity contribution in [1.82, 2.24) is 9.88 Å². The lowest BCUT2D eigenvalue weighted by Crippen LogP contribution is -2.49. The standard InChI is InChI=1S/C19H17BrFN5O/c20-15-1-6-18(24-13-15)23-12-14(11-22)19(27)26-9-7-25(8-10-26)17-4-2-16(21)3-5-17/h1-6,12-13H,7-10H2,(H,23,24)/b14-12-. The van der Waals surface area contributed by atoms with Crippen molar-refractivity contribution in [2.24, 2.45) is 0 Å². The number of aromatic nitrogens is 1. The number of amides is 1. The highest BCUT2D eigenvalue weighted by molar-refractivity contribution is 9.10. The molecule has 1 aromatic carbocycles. The van der Waals surface area contributed by atoms with Crippen molar-refractivity contribution in [2.75, 3.05) is 36.4 Å². The first-order chi connectivity index (χ1) is 13.1. The Morgan fingerprint density at radius 3 is 2.48 bits per heavy atom. The fourth-order valence-corrected chi connectivity index (χ4v) is 2.97. The SMILES string of the molecule is N#C/C(=C/Nc1ccc(Br)cn1)C(=O)N1CCN(c2ccc(F)cc2)CC1. The molecule has 1 saturated heterocycles. The quantitative estimate of drug-likeness (QED) is 0.596. The summed E-state index contributed by atoms with van der Waals surface area (Å²) < 4.78 is 13.9. The molecule has 2 heterocycles. The van der Waals surface area contributed by atoms with Crippen LogP contribution in [0.25, 0.3) is 0 Å². The predicted octanol–water partition coefficient (Wildman–Crippen LogP) is 3.15. The van der Waals surface area contributed by atoms with E-state index in [-0.39, 0.29) is 17.3 Å². The Kier molecular flexibility index (Phi) is 6.04. The van der Waals surface area contributed by atoms with Gasteiger partial charge in [-0.2, -0.15) is 5.26 Å². The number of hydrogen-bond acceptors (Lipinski definition) is 5. The number of nitriles is 1. The van der Waals surface area contributed by atoms with Gasteiger partial charge in [-0.15, -0.1) is 0 Å². The van der Waals surface area contributed by atoms with Gasteiger partial charge >= 0.3 is 0 Å². The highest BCUT2D eigenvalue weighted by Crippen LogP contribution is 2.18. The van der Waals surface area contributed by atoms with Crippen LogP contribution in [0.2, 0.25) is 0 Å². The predicted molar refractivity (Wildman–Crippen MR) is 104 cm³/mol. The van der Waals surface area contributed by atoms with Crippen LogP contribution < -0.4 is 10.2 Å². The minimum atomic E-state index is -0.319. The van der Waals surface area contributed by atoms with Crippen molar-refractivity contribution in [3.05, 3.63) is 64.7 Å². The van der Waals surface area contributed by atoms with Crippen LogP contribution in [0.1, 0.15) is 0 Å². The van der Waals surface area contributed by atoms with Crippen molar-refractivity contribution in [3.63, 3.8) is 0 Å². The van der Waals surface area contributed by atoms with Crippen molar-refractivity contribution >= 4 is 33.3 Å². The molecule has 1 fully saturated rings. The van der Waals surface area contributed by atoms with Gasteiger partial charge in [0.1, 0.15) is 23.3 Å². The van der Waals surface area contributed by atoms with Crippen LogP contribution >= 0.6 is 15.9 Å². The maximum absolute atomic E-state index is 13.0. The third kappa shape index (κ3) is 4.83. The van der Waals surface area contributed by atoms with Crippen LogP contribution in [0.3, 0.4) is 0 Å². The average molecular weight is 430 g/mol. The Balaban J connectivity index is 1.59. The van der Waals surface area contributed by atoms with Crippen LogP contribution in [0.5, 0.6) is 0 Å². The molecule has 1 aliphatic heterocycles. The summed E-state index contributed by atoms with van der Waals surface area (Å²) in [5, 5.41) is 12.2. The molecular formula is C19H17BrFN5O. The maximum Gasteiger partial charge on any atom is 0.266 e. The summed E-state index contributed by atoms with van der Waals surface area (Å²) in [6, 6.07) is 11.8. The number of anilines is 2. The number of piperazine rings is 1. The van der Waals surface area contributed by atoms with Gasteiger partial charge in [-0.3, -0.25) is 4.79 Å². The average Bonchev–Trinajstić information content (AvgIpc) is 2.70.